The van der Waals surface area contributed by atoms with Gasteiger partial charge in [0.1, 0.15) is 0 Å². The number of rotatable bonds is 3. The Morgan fingerprint density at radius 3 is 2.38 bits per heavy atom. The summed E-state index contributed by atoms with van der Waals surface area (Å²) in [6, 6.07) is 7.92. The summed E-state index contributed by atoms with van der Waals surface area (Å²) in [6.07, 6.45) is 0. The van der Waals surface area contributed by atoms with E-state index in [1.807, 2.05) is 24.3 Å². The number of hydrogen-bond donors (Lipinski definition) is 2. The monoisotopic (exact) mass is 222 g/mol. The van der Waals surface area contributed by atoms with Crippen molar-refractivity contribution in [3.63, 3.8) is 0 Å². The van der Waals surface area contributed by atoms with Crippen LogP contribution in [0.2, 0.25) is 0 Å². The first-order valence-corrected chi connectivity index (χ1v) is 3.88. The third kappa shape index (κ3) is 4.98. The Morgan fingerprint density at radius 1 is 1.23 bits per heavy atom. The van der Waals surface area contributed by atoms with E-state index in [0.29, 0.717) is 0 Å². The third-order valence-corrected chi connectivity index (χ3v) is 1.62. The molecule has 1 aromatic carbocycles. The second-order valence-corrected chi connectivity index (χ2v) is 2.48. The van der Waals surface area contributed by atoms with Gasteiger partial charge in [-0.25, -0.2) is 0 Å². The summed E-state index contributed by atoms with van der Waals surface area (Å²) in [5.41, 5.74) is 7.77. The summed E-state index contributed by atoms with van der Waals surface area (Å²) in [5.74, 6) is 0. The number of hydrogen-bond acceptors (Lipinski definition) is 2. The van der Waals surface area contributed by atoms with Crippen molar-refractivity contribution >= 4 is 30.5 Å². The summed E-state index contributed by atoms with van der Waals surface area (Å²) in [6.45, 7) is 3.93. The molecule has 2 nitrogen and oxygen atoms in total. The molecule has 4 heteroatoms. The second kappa shape index (κ2) is 8.17. The first-order valence-electron chi connectivity index (χ1n) is 3.88. The SMILES string of the molecule is CCNCc1ccccc1N.Cl.Cl. The first kappa shape index (κ1) is 15.1. The summed E-state index contributed by atoms with van der Waals surface area (Å²) < 4.78 is 0. The van der Waals surface area contributed by atoms with Crippen LogP contribution in [0.15, 0.2) is 24.3 Å². The highest BCUT2D eigenvalue weighted by Crippen LogP contribution is 2.08. The normalized spacial score (nSPS) is 8.38. The van der Waals surface area contributed by atoms with Gasteiger partial charge in [0, 0.05) is 12.2 Å². The third-order valence-electron chi connectivity index (χ3n) is 1.62. The van der Waals surface area contributed by atoms with E-state index in [2.05, 4.69) is 12.2 Å². The Kier molecular flexibility index (Phi) is 9.46. The number of nitrogens with one attached hydrogen (secondary N) is 1. The standard InChI is InChI=1S/C9H14N2.2ClH/c1-2-11-7-8-5-3-4-6-9(8)10;;/h3-6,11H,2,7,10H2,1H3;2*1H. The maximum absolute atomic E-state index is 5.72. The molecule has 13 heavy (non-hydrogen) atoms. The Bertz CT molecular complexity index is 229. The Morgan fingerprint density at radius 2 is 1.85 bits per heavy atom. The van der Waals surface area contributed by atoms with Gasteiger partial charge in [-0.1, -0.05) is 25.1 Å². The highest BCUT2D eigenvalue weighted by atomic mass is 35.5. The van der Waals surface area contributed by atoms with Crippen molar-refractivity contribution in [2.24, 2.45) is 0 Å². The van der Waals surface area contributed by atoms with Crippen LogP contribution in [0.1, 0.15) is 12.5 Å². The Hall–Kier alpha value is -0.440. The molecule has 1 aromatic rings. The summed E-state index contributed by atoms with van der Waals surface area (Å²) in [4.78, 5) is 0. The van der Waals surface area contributed by atoms with Gasteiger partial charge in [0.25, 0.3) is 0 Å². The van der Waals surface area contributed by atoms with Crippen LogP contribution in [0.3, 0.4) is 0 Å². The van der Waals surface area contributed by atoms with E-state index >= 15 is 0 Å². The van der Waals surface area contributed by atoms with Crippen LogP contribution in [0, 0.1) is 0 Å². The van der Waals surface area contributed by atoms with Crippen molar-refractivity contribution < 1.29 is 0 Å². The van der Waals surface area contributed by atoms with E-state index in [1.54, 1.807) is 0 Å². The van der Waals surface area contributed by atoms with Crippen LogP contribution >= 0.6 is 24.8 Å². The molecule has 0 aromatic heterocycles. The fraction of sp³-hybridized carbons (Fsp3) is 0.333. The molecule has 3 N–H and O–H groups in total. The number of anilines is 1. The van der Waals surface area contributed by atoms with Crippen LogP contribution in [-0.2, 0) is 6.54 Å². The van der Waals surface area contributed by atoms with E-state index in [0.717, 1.165) is 18.8 Å². The van der Waals surface area contributed by atoms with Crippen LogP contribution in [-0.4, -0.2) is 6.54 Å². The number of para-hydroxylation sites is 1. The quantitative estimate of drug-likeness (QED) is 0.771. The van der Waals surface area contributed by atoms with Gasteiger partial charge in [0.05, 0.1) is 0 Å². The number of nitrogens with two attached hydrogens (primary N) is 1. The van der Waals surface area contributed by atoms with E-state index in [1.165, 1.54) is 5.56 Å². The average molecular weight is 223 g/mol. The lowest BCUT2D eigenvalue weighted by molar-refractivity contribution is 0.728. The largest absolute Gasteiger partial charge is 0.398 e. The minimum Gasteiger partial charge on any atom is -0.398 e. The molecular formula is C9H16Cl2N2. The summed E-state index contributed by atoms with van der Waals surface area (Å²) >= 11 is 0. The molecule has 76 valence electrons. The van der Waals surface area contributed by atoms with Gasteiger partial charge in [-0.2, -0.15) is 0 Å². The molecule has 0 radical (unpaired) electrons. The molecule has 0 spiro atoms. The highest BCUT2D eigenvalue weighted by molar-refractivity contribution is 5.85. The lowest BCUT2D eigenvalue weighted by atomic mass is 10.2. The Balaban J connectivity index is 0. The second-order valence-electron chi connectivity index (χ2n) is 2.48. The van der Waals surface area contributed by atoms with Gasteiger partial charge < -0.3 is 11.1 Å². The number of benzene rings is 1. The summed E-state index contributed by atoms with van der Waals surface area (Å²) in [5, 5.41) is 3.23. The fourth-order valence-electron chi connectivity index (χ4n) is 0.955. The fourth-order valence-corrected chi connectivity index (χ4v) is 0.955. The zero-order valence-electron chi connectivity index (χ0n) is 7.62. The molecule has 0 heterocycles. The smallest absolute Gasteiger partial charge is 0.0359 e. The zero-order chi connectivity index (χ0) is 8.10. The van der Waals surface area contributed by atoms with E-state index < -0.39 is 0 Å². The molecule has 0 saturated carbocycles. The Labute approximate surface area is 91.7 Å². The van der Waals surface area contributed by atoms with E-state index in [9.17, 15) is 0 Å². The molecule has 0 aliphatic heterocycles. The van der Waals surface area contributed by atoms with Crippen LogP contribution in [0.4, 0.5) is 5.69 Å². The molecule has 0 saturated heterocycles. The van der Waals surface area contributed by atoms with Gasteiger partial charge >= 0.3 is 0 Å². The van der Waals surface area contributed by atoms with Gasteiger partial charge in [-0.15, -0.1) is 24.8 Å². The zero-order valence-corrected chi connectivity index (χ0v) is 9.25. The minimum absolute atomic E-state index is 0. The molecule has 0 aliphatic rings. The summed E-state index contributed by atoms with van der Waals surface area (Å²) in [7, 11) is 0. The predicted molar refractivity (Wildman–Crippen MR) is 62.7 cm³/mol. The molecule has 0 atom stereocenters. The van der Waals surface area contributed by atoms with Crippen molar-refractivity contribution in [2.75, 3.05) is 12.3 Å². The van der Waals surface area contributed by atoms with Gasteiger partial charge in [0.15, 0.2) is 0 Å². The van der Waals surface area contributed by atoms with Crippen molar-refractivity contribution in [1.82, 2.24) is 5.32 Å². The minimum atomic E-state index is 0. The van der Waals surface area contributed by atoms with E-state index in [-0.39, 0.29) is 24.8 Å². The van der Waals surface area contributed by atoms with Gasteiger partial charge in [0.2, 0.25) is 0 Å². The molecule has 1 rings (SSSR count). The predicted octanol–water partition coefficient (Wildman–Crippen LogP) is 2.22. The highest BCUT2D eigenvalue weighted by Gasteiger charge is 1.93. The van der Waals surface area contributed by atoms with E-state index in [4.69, 9.17) is 5.73 Å². The molecule has 0 aliphatic carbocycles. The first-order chi connectivity index (χ1) is 5.34. The molecule has 0 amide bonds. The maximum Gasteiger partial charge on any atom is 0.0359 e. The number of nitrogen functional groups attached to an aromatic ring is 1. The molecule has 0 unspecified atom stereocenters. The molecule has 0 fully saturated rings. The average Bonchev–Trinajstić information content (AvgIpc) is 2.03. The lowest BCUT2D eigenvalue weighted by Crippen LogP contribution is -2.12. The van der Waals surface area contributed by atoms with Crippen LogP contribution in [0.5, 0.6) is 0 Å². The van der Waals surface area contributed by atoms with Crippen molar-refractivity contribution in [1.29, 1.82) is 0 Å². The molecule has 0 bridgehead atoms. The maximum atomic E-state index is 5.72. The lowest BCUT2D eigenvalue weighted by Gasteiger charge is -2.04. The van der Waals surface area contributed by atoms with Crippen molar-refractivity contribution in [2.45, 2.75) is 13.5 Å². The van der Waals surface area contributed by atoms with Crippen molar-refractivity contribution in [3.05, 3.63) is 29.8 Å². The van der Waals surface area contributed by atoms with Gasteiger partial charge in [-0.05, 0) is 18.2 Å². The molecular weight excluding hydrogens is 207 g/mol. The topological polar surface area (TPSA) is 38.0 Å². The van der Waals surface area contributed by atoms with Crippen LogP contribution in [0.25, 0.3) is 0 Å². The number of halogens is 2. The van der Waals surface area contributed by atoms with Crippen LogP contribution < -0.4 is 11.1 Å². The van der Waals surface area contributed by atoms with Gasteiger partial charge in [-0.3, -0.25) is 0 Å². The van der Waals surface area contributed by atoms with Crippen molar-refractivity contribution in [3.8, 4) is 0 Å².